The first-order valence-corrected chi connectivity index (χ1v) is 7.36. The quantitative estimate of drug-likeness (QED) is 0.638. The largest absolute Gasteiger partial charge is 0.477 e. The summed E-state index contributed by atoms with van der Waals surface area (Å²) in [6, 6.07) is 5.02. The first kappa shape index (κ1) is 21.4. The number of nitrogens with zero attached hydrogens (tertiary/aromatic N) is 2. The number of hydrogen-bond acceptors (Lipinski definition) is 6. The Morgan fingerprint density at radius 2 is 1.83 bits per heavy atom. The maximum atomic E-state index is 10.3. The van der Waals surface area contributed by atoms with E-state index in [1.54, 1.807) is 25.1 Å². The van der Waals surface area contributed by atoms with Gasteiger partial charge in [-0.15, -0.1) is 0 Å². The molecule has 2 rings (SSSR count). The molecule has 8 nitrogen and oxygen atoms in total. The topological polar surface area (TPSA) is 152 Å². The molecule has 0 radical (unpaired) electrons. The third-order valence-corrected chi connectivity index (χ3v) is 2.61. The average molecular weight is 336 g/mol. The summed E-state index contributed by atoms with van der Waals surface area (Å²) >= 11 is 0. The molecule has 0 saturated heterocycles. The molecular formula is C16H24N4O4. The molecule has 1 aliphatic heterocycles. The highest BCUT2D eigenvalue weighted by Crippen LogP contribution is 2.05. The minimum atomic E-state index is -0.983. The van der Waals surface area contributed by atoms with Gasteiger partial charge >= 0.3 is 11.9 Å². The SMILES string of the molecule is CC1CC=CC(C(=O)O)=N1.Cc1cccc(C(=O)O)n1.NCCN. The van der Waals surface area contributed by atoms with Gasteiger partial charge in [-0.3, -0.25) is 4.99 Å². The summed E-state index contributed by atoms with van der Waals surface area (Å²) in [5, 5.41) is 16.9. The Kier molecular flexibility index (Phi) is 10.6. The van der Waals surface area contributed by atoms with E-state index in [0.29, 0.717) is 13.1 Å². The number of dihydropyridines is 1. The molecule has 0 aromatic carbocycles. The number of carboxylic acid groups (broad SMARTS) is 2. The van der Waals surface area contributed by atoms with Crippen LogP contribution in [0.1, 0.15) is 29.5 Å². The van der Waals surface area contributed by atoms with Crippen LogP contribution in [0.3, 0.4) is 0 Å². The second-order valence-corrected chi connectivity index (χ2v) is 4.85. The fourth-order valence-electron chi connectivity index (χ4n) is 1.50. The van der Waals surface area contributed by atoms with Gasteiger partial charge in [-0.1, -0.05) is 12.1 Å². The summed E-state index contributed by atoms with van der Waals surface area (Å²) in [4.78, 5) is 28.3. The summed E-state index contributed by atoms with van der Waals surface area (Å²) in [5.41, 5.74) is 10.8. The molecule has 0 bridgehead atoms. The number of hydrogen-bond donors (Lipinski definition) is 4. The molecule has 132 valence electrons. The Balaban J connectivity index is 0.000000363. The minimum Gasteiger partial charge on any atom is -0.477 e. The molecule has 2 heterocycles. The smallest absolute Gasteiger partial charge is 0.354 e. The zero-order valence-electron chi connectivity index (χ0n) is 13.8. The van der Waals surface area contributed by atoms with Crippen molar-refractivity contribution in [3.8, 4) is 0 Å². The van der Waals surface area contributed by atoms with Crippen LogP contribution in [0.5, 0.6) is 0 Å². The van der Waals surface area contributed by atoms with E-state index in [-0.39, 0.29) is 17.4 Å². The molecule has 0 aliphatic carbocycles. The molecule has 1 aromatic heterocycles. The molecule has 1 atom stereocenters. The zero-order chi connectivity index (χ0) is 18.5. The van der Waals surface area contributed by atoms with Gasteiger partial charge in [0.25, 0.3) is 0 Å². The van der Waals surface area contributed by atoms with Crippen molar-refractivity contribution in [3.63, 3.8) is 0 Å². The second-order valence-electron chi connectivity index (χ2n) is 4.85. The lowest BCUT2D eigenvalue weighted by Gasteiger charge is -2.07. The van der Waals surface area contributed by atoms with Crippen molar-refractivity contribution in [2.75, 3.05) is 13.1 Å². The van der Waals surface area contributed by atoms with Crippen molar-refractivity contribution in [2.45, 2.75) is 26.3 Å². The van der Waals surface area contributed by atoms with Crippen LogP contribution in [-0.4, -0.2) is 52.0 Å². The predicted molar refractivity (Wildman–Crippen MR) is 92.3 cm³/mol. The highest BCUT2D eigenvalue weighted by Gasteiger charge is 2.10. The van der Waals surface area contributed by atoms with E-state index in [9.17, 15) is 9.59 Å². The van der Waals surface area contributed by atoms with Crippen molar-refractivity contribution in [1.82, 2.24) is 4.98 Å². The average Bonchev–Trinajstić information content (AvgIpc) is 2.55. The number of carbonyl (C=O) groups is 2. The van der Waals surface area contributed by atoms with Crippen molar-refractivity contribution < 1.29 is 19.8 Å². The number of carboxylic acids is 2. The molecule has 0 amide bonds. The lowest BCUT2D eigenvalue weighted by Crippen LogP contribution is -2.16. The Bertz CT molecular complexity index is 597. The summed E-state index contributed by atoms with van der Waals surface area (Å²) < 4.78 is 0. The van der Waals surface area contributed by atoms with Gasteiger partial charge in [0, 0.05) is 18.8 Å². The fraction of sp³-hybridized carbons (Fsp3) is 0.375. The number of aryl methyl sites for hydroxylation is 1. The van der Waals surface area contributed by atoms with Gasteiger partial charge < -0.3 is 21.7 Å². The van der Waals surface area contributed by atoms with Crippen LogP contribution >= 0.6 is 0 Å². The Hall–Kier alpha value is -2.58. The third-order valence-electron chi connectivity index (χ3n) is 2.61. The number of rotatable bonds is 3. The number of aliphatic carboxylic acids is 1. The van der Waals surface area contributed by atoms with Crippen LogP contribution in [0.25, 0.3) is 0 Å². The lowest BCUT2D eigenvalue weighted by molar-refractivity contribution is -0.129. The van der Waals surface area contributed by atoms with Crippen LogP contribution in [0.4, 0.5) is 0 Å². The van der Waals surface area contributed by atoms with Crippen LogP contribution in [0.15, 0.2) is 35.3 Å². The molecule has 6 N–H and O–H groups in total. The number of pyridine rings is 1. The summed E-state index contributed by atoms with van der Waals surface area (Å²) in [7, 11) is 0. The van der Waals surface area contributed by atoms with Crippen molar-refractivity contribution in [1.29, 1.82) is 0 Å². The Morgan fingerprint density at radius 1 is 1.21 bits per heavy atom. The first-order chi connectivity index (χ1) is 11.3. The lowest BCUT2D eigenvalue weighted by atomic mass is 10.1. The van der Waals surface area contributed by atoms with Gasteiger partial charge in [0.05, 0.1) is 6.04 Å². The third kappa shape index (κ3) is 9.44. The number of nitrogens with two attached hydrogens (primary N) is 2. The normalized spacial score (nSPS) is 15.2. The Morgan fingerprint density at radius 3 is 2.17 bits per heavy atom. The van der Waals surface area contributed by atoms with E-state index in [0.717, 1.165) is 12.1 Å². The second kappa shape index (κ2) is 11.9. The van der Waals surface area contributed by atoms with E-state index >= 15 is 0 Å². The number of aliphatic imine (C=N–C) groups is 1. The van der Waals surface area contributed by atoms with Gasteiger partial charge in [-0.2, -0.15) is 0 Å². The Labute approximate surface area is 140 Å². The van der Waals surface area contributed by atoms with Crippen molar-refractivity contribution in [3.05, 3.63) is 41.7 Å². The molecule has 8 heteroatoms. The van der Waals surface area contributed by atoms with Crippen LogP contribution in [0.2, 0.25) is 0 Å². The molecule has 1 unspecified atom stereocenters. The van der Waals surface area contributed by atoms with Crippen LogP contribution in [-0.2, 0) is 4.79 Å². The molecule has 0 saturated carbocycles. The van der Waals surface area contributed by atoms with E-state index in [1.807, 2.05) is 13.0 Å². The molecular weight excluding hydrogens is 312 g/mol. The molecule has 1 aromatic rings. The maximum absolute atomic E-state index is 10.3. The van der Waals surface area contributed by atoms with Gasteiger partial charge in [-0.25, -0.2) is 14.6 Å². The fourth-order valence-corrected chi connectivity index (χ4v) is 1.50. The minimum absolute atomic E-state index is 0.0972. The molecule has 24 heavy (non-hydrogen) atoms. The van der Waals surface area contributed by atoms with E-state index < -0.39 is 11.9 Å². The summed E-state index contributed by atoms with van der Waals surface area (Å²) in [6.45, 7) is 4.85. The van der Waals surface area contributed by atoms with Crippen molar-refractivity contribution >= 4 is 17.7 Å². The molecule has 0 fully saturated rings. The summed E-state index contributed by atoms with van der Waals surface area (Å²) in [6.07, 6.45) is 4.22. The number of aromatic nitrogens is 1. The predicted octanol–water partition coefficient (Wildman–Crippen LogP) is 0.852. The monoisotopic (exact) mass is 336 g/mol. The van der Waals surface area contributed by atoms with Gasteiger partial charge in [0.2, 0.25) is 0 Å². The highest BCUT2D eigenvalue weighted by atomic mass is 16.4. The van der Waals surface area contributed by atoms with Gasteiger partial charge in [0.1, 0.15) is 11.4 Å². The molecule has 0 spiro atoms. The first-order valence-electron chi connectivity index (χ1n) is 7.36. The summed E-state index contributed by atoms with van der Waals surface area (Å²) in [5.74, 6) is -1.92. The van der Waals surface area contributed by atoms with E-state index in [4.69, 9.17) is 21.7 Å². The van der Waals surface area contributed by atoms with Crippen molar-refractivity contribution in [2.24, 2.45) is 16.5 Å². The van der Waals surface area contributed by atoms with Gasteiger partial charge in [0.15, 0.2) is 0 Å². The van der Waals surface area contributed by atoms with Crippen LogP contribution < -0.4 is 11.5 Å². The van der Waals surface area contributed by atoms with E-state index in [2.05, 4.69) is 9.98 Å². The maximum Gasteiger partial charge on any atom is 0.354 e. The molecule has 1 aliphatic rings. The van der Waals surface area contributed by atoms with E-state index in [1.165, 1.54) is 6.07 Å². The number of aromatic carboxylic acids is 1. The highest BCUT2D eigenvalue weighted by molar-refractivity contribution is 6.40. The van der Waals surface area contributed by atoms with Crippen LogP contribution in [0, 0.1) is 6.92 Å². The zero-order valence-corrected chi connectivity index (χ0v) is 13.8. The van der Waals surface area contributed by atoms with Gasteiger partial charge in [-0.05, 0) is 38.5 Å². The standard InChI is InChI=1S/C7H9NO2.C7H7NO2.C2H8N2/c2*1-5-3-2-4-6(8-5)7(9)10;3-1-2-4/h2,4-5H,3H2,1H3,(H,9,10);2-4H,1H3,(H,9,10);1-4H2.